The highest BCUT2D eigenvalue weighted by molar-refractivity contribution is 6.16. The molecule has 4 nitrogen and oxygen atoms in total. The van der Waals surface area contributed by atoms with Crippen LogP contribution in [0.3, 0.4) is 0 Å². The van der Waals surface area contributed by atoms with Gasteiger partial charge in [-0.15, -0.1) is 11.6 Å². The van der Waals surface area contributed by atoms with Crippen molar-refractivity contribution in [2.45, 2.75) is 25.3 Å². The lowest BCUT2D eigenvalue weighted by atomic mass is 10.4. The summed E-state index contributed by atoms with van der Waals surface area (Å²) in [7, 11) is 0. The fourth-order valence-corrected chi connectivity index (χ4v) is 2.79. The summed E-state index contributed by atoms with van der Waals surface area (Å²) in [5.41, 5.74) is 1.89. The average Bonchev–Trinajstić information content (AvgIpc) is 3.03. The summed E-state index contributed by atoms with van der Waals surface area (Å²) < 4.78 is 2.15. The van der Waals surface area contributed by atoms with Crippen molar-refractivity contribution in [2.24, 2.45) is 0 Å². The van der Waals surface area contributed by atoms with Gasteiger partial charge in [0.25, 0.3) is 0 Å². The summed E-state index contributed by atoms with van der Waals surface area (Å²) >= 11 is 5.97. The first-order valence-electron chi connectivity index (χ1n) is 6.47. The Hall–Kier alpha value is -1.13. The summed E-state index contributed by atoms with van der Waals surface area (Å²) in [5, 5.41) is 0. The van der Waals surface area contributed by atoms with Gasteiger partial charge in [0.2, 0.25) is 0 Å². The van der Waals surface area contributed by atoms with Gasteiger partial charge < -0.3 is 9.47 Å². The van der Waals surface area contributed by atoms with Gasteiger partial charge in [0.05, 0.1) is 5.88 Å². The quantitative estimate of drug-likeness (QED) is 0.795. The second kappa shape index (κ2) is 5.24. The minimum atomic E-state index is 0.441. The van der Waals surface area contributed by atoms with Crippen LogP contribution in [0, 0.1) is 0 Å². The molecule has 0 N–H and O–H groups in total. The van der Waals surface area contributed by atoms with Gasteiger partial charge in [-0.2, -0.15) is 0 Å². The van der Waals surface area contributed by atoms with Crippen molar-refractivity contribution >= 4 is 22.8 Å². The molecule has 0 bridgehead atoms. The van der Waals surface area contributed by atoms with Crippen LogP contribution in [0.4, 0.5) is 0 Å². The lowest BCUT2D eigenvalue weighted by Crippen LogP contribution is -2.24. The third-order valence-corrected chi connectivity index (χ3v) is 3.78. The van der Waals surface area contributed by atoms with Crippen LogP contribution in [-0.2, 0) is 12.4 Å². The zero-order valence-corrected chi connectivity index (χ0v) is 11.1. The van der Waals surface area contributed by atoms with E-state index in [1.54, 1.807) is 0 Å². The molecule has 0 amide bonds. The number of likely N-dealkylation sites (tertiary alicyclic amines) is 1. The van der Waals surface area contributed by atoms with Crippen LogP contribution in [0.25, 0.3) is 11.2 Å². The lowest BCUT2D eigenvalue weighted by molar-refractivity contribution is 0.322. The van der Waals surface area contributed by atoms with Crippen molar-refractivity contribution in [1.82, 2.24) is 19.4 Å². The molecule has 18 heavy (non-hydrogen) atoms. The van der Waals surface area contributed by atoms with Gasteiger partial charge in [-0.05, 0) is 38.1 Å². The van der Waals surface area contributed by atoms with Crippen molar-refractivity contribution in [2.75, 3.05) is 19.6 Å². The van der Waals surface area contributed by atoms with E-state index in [2.05, 4.69) is 19.4 Å². The molecule has 3 heterocycles. The van der Waals surface area contributed by atoms with Crippen LogP contribution in [0.15, 0.2) is 18.3 Å². The SMILES string of the molecule is ClCc1nc2cccnc2n1CCN1CCCC1. The first-order chi connectivity index (χ1) is 8.88. The summed E-state index contributed by atoms with van der Waals surface area (Å²) in [6.07, 6.45) is 4.46. The van der Waals surface area contributed by atoms with E-state index in [1.165, 1.54) is 25.9 Å². The number of alkyl halides is 1. The Morgan fingerprint density at radius 1 is 1.22 bits per heavy atom. The van der Waals surface area contributed by atoms with Crippen LogP contribution in [-0.4, -0.2) is 39.1 Å². The number of hydrogen-bond acceptors (Lipinski definition) is 3. The summed E-state index contributed by atoms with van der Waals surface area (Å²) in [5.74, 6) is 1.36. The maximum atomic E-state index is 5.97. The number of hydrogen-bond donors (Lipinski definition) is 0. The standard InChI is InChI=1S/C13H17ClN4/c14-10-12-16-11-4-3-5-15-13(11)18(12)9-8-17-6-1-2-7-17/h3-5H,1-2,6-10H2. The highest BCUT2D eigenvalue weighted by Gasteiger charge is 2.14. The predicted molar refractivity (Wildman–Crippen MR) is 72.8 cm³/mol. The molecule has 5 heteroatoms. The number of imidazole rings is 1. The van der Waals surface area contributed by atoms with E-state index in [0.717, 1.165) is 30.1 Å². The van der Waals surface area contributed by atoms with E-state index >= 15 is 0 Å². The topological polar surface area (TPSA) is 34.0 Å². The smallest absolute Gasteiger partial charge is 0.160 e. The fraction of sp³-hybridized carbons (Fsp3) is 0.538. The molecular formula is C13H17ClN4. The first-order valence-corrected chi connectivity index (χ1v) is 7.00. The lowest BCUT2D eigenvalue weighted by Gasteiger charge is -2.15. The van der Waals surface area contributed by atoms with Crippen LogP contribution >= 0.6 is 11.6 Å². The van der Waals surface area contributed by atoms with Crippen molar-refractivity contribution in [3.63, 3.8) is 0 Å². The second-order valence-corrected chi connectivity index (χ2v) is 4.98. The van der Waals surface area contributed by atoms with Gasteiger partial charge >= 0.3 is 0 Å². The molecule has 0 unspecified atom stereocenters. The Morgan fingerprint density at radius 3 is 2.83 bits per heavy atom. The highest BCUT2D eigenvalue weighted by Crippen LogP contribution is 2.16. The zero-order valence-electron chi connectivity index (χ0n) is 10.3. The molecule has 0 atom stereocenters. The van der Waals surface area contributed by atoms with Gasteiger partial charge in [-0.3, -0.25) is 0 Å². The number of rotatable bonds is 4. The minimum absolute atomic E-state index is 0.441. The molecule has 1 fully saturated rings. The van der Waals surface area contributed by atoms with E-state index < -0.39 is 0 Å². The number of aromatic nitrogens is 3. The molecule has 96 valence electrons. The van der Waals surface area contributed by atoms with Gasteiger partial charge in [0.1, 0.15) is 11.3 Å². The predicted octanol–water partition coefficient (Wildman–Crippen LogP) is 2.27. The molecule has 1 saturated heterocycles. The molecule has 1 aliphatic rings. The van der Waals surface area contributed by atoms with Crippen molar-refractivity contribution in [3.8, 4) is 0 Å². The van der Waals surface area contributed by atoms with Crippen molar-refractivity contribution in [1.29, 1.82) is 0 Å². The van der Waals surface area contributed by atoms with Gasteiger partial charge in [0, 0.05) is 19.3 Å². The van der Waals surface area contributed by atoms with E-state index in [-0.39, 0.29) is 0 Å². The van der Waals surface area contributed by atoms with Crippen molar-refractivity contribution < 1.29 is 0 Å². The Kier molecular flexibility index (Phi) is 3.48. The molecule has 0 saturated carbocycles. The maximum absolute atomic E-state index is 5.97. The second-order valence-electron chi connectivity index (χ2n) is 4.71. The molecule has 0 radical (unpaired) electrons. The van der Waals surface area contributed by atoms with E-state index in [9.17, 15) is 0 Å². The molecule has 0 spiro atoms. The van der Waals surface area contributed by atoms with Crippen LogP contribution in [0.2, 0.25) is 0 Å². The molecule has 0 aliphatic carbocycles. The zero-order chi connectivity index (χ0) is 12.4. The van der Waals surface area contributed by atoms with E-state index in [0.29, 0.717) is 5.88 Å². The molecule has 2 aromatic heterocycles. The number of pyridine rings is 1. The molecule has 0 aromatic carbocycles. The number of nitrogens with zero attached hydrogens (tertiary/aromatic N) is 4. The highest BCUT2D eigenvalue weighted by atomic mass is 35.5. The summed E-state index contributed by atoms with van der Waals surface area (Å²) in [6, 6.07) is 3.91. The van der Waals surface area contributed by atoms with E-state index in [1.807, 2.05) is 18.3 Å². The summed E-state index contributed by atoms with van der Waals surface area (Å²) in [6.45, 7) is 4.42. The molecule has 2 aromatic rings. The number of halogens is 1. The average molecular weight is 265 g/mol. The Bertz CT molecular complexity index is 531. The molecule has 1 aliphatic heterocycles. The van der Waals surface area contributed by atoms with Crippen LogP contribution in [0.5, 0.6) is 0 Å². The number of fused-ring (bicyclic) bond motifs is 1. The van der Waals surface area contributed by atoms with Crippen LogP contribution < -0.4 is 0 Å². The molecule has 3 rings (SSSR count). The third-order valence-electron chi connectivity index (χ3n) is 3.54. The largest absolute Gasteiger partial charge is 0.310 e. The van der Waals surface area contributed by atoms with Gasteiger partial charge in [0.15, 0.2) is 5.65 Å². The minimum Gasteiger partial charge on any atom is -0.310 e. The summed E-state index contributed by atoms with van der Waals surface area (Å²) in [4.78, 5) is 11.4. The molecular weight excluding hydrogens is 248 g/mol. The first kappa shape index (κ1) is 11.9. The normalized spacial score (nSPS) is 16.7. The monoisotopic (exact) mass is 264 g/mol. The Labute approximate surface area is 112 Å². The third kappa shape index (κ3) is 2.22. The Morgan fingerprint density at radius 2 is 2.06 bits per heavy atom. The maximum Gasteiger partial charge on any atom is 0.160 e. The van der Waals surface area contributed by atoms with Gasteiger partial charge in [-0.1, -0.05) is 0 Å². The van der Waals surface area contributed by atoms with E-state index in [4.69, 9.17) is 11.6 Å². The van der Waals surface area contributed by atoms with Crippen molar-refractivity contribution in [3.05, 3.63) is 24.2 Å². The van der Waals surface area contributed by atoms with Gasteiger partial charge in [-0.25, -0.2) is 9.97 Å². The van der Waals surface area contributed by atoms with Crippen LogP contribution in [0.1, 0.15) is 18.7 Å². The Balaban J connectivity index is 1.84. The fourth-order valence-electron chi connectivity index (χ4n) is 2.59.